The predicted octanol–water partition coefficient (Wildman–Crippen LogP) is 7.03. The van der Waals surface area contributed by atoms with Crippen LogP contribution < -0.4 is 10.2 Å². The lowest BCUT2D eigenvalue weighted by Crippen LogP contribution is -2.53. The van der Waals surface area contributed by atoms with Gasteiger partial charge in [0.15, 0.2) is 0 Å². The number of allylic oxidation sites excluding steroid dienone is 2. The molecule has 0 bridgehead atoms. The number of phenolic OH excluding ortho intramolecular Hbond substituents is 1. The first-order valence-electron chi connectivity index (χ1n) is 17.3. The number of amides is 4. The number of fused-ring (bicyclic) bond motifs is 4. The number of nitrogens with zero attached hydrogens (tertiary/aromatic N) is 2. The van der Waals surface area contributed by atoms with E-state index in [0.717, 1.165) is 42.7 Å². The van der Waals surface area contributed by atoms with Gasteiger partial charge in [0.05, 0.1) is 41.0 Å². The minimum atomic E-state index is -1.45. The Morgan fingerprint density at radius 1 is 0.860 bits per heavy atom. The molecule has 6 unspecified atom stereocenters. The Hall–Kier alpha value is -4.34. The summed E-state index contributed by atoms with van der Waals surface area (Å²) < 4.78 is 5.46. The number of methoxy groups -OCH3 is 1. The molecule has 11 heteroatoms. The number of ether oxygens (including phenoxy) is 1. The molecule has 3 aromatic rings. The van der Waals surface area contributed by atoms with Crippen LogP contribution in [-0.4, -0.2) is 51.8 Å². The Morgan fingerprint density at radius 2 is 1.58 bits per heavy atom. The third-order valence-electron chi connectivity index (χ3n) is 11.8. The molecule has 2 heterocycles. The number of imide groups is 2. The number of halogens is 2. The standard InChI is InChI=1S/C39H37Cl2N3O6/c1-50-26-14-9-22(10-15-26)39-30(36(47)44(38(39)49)42-32-18-11-23(40)19-31(32)41)20-29-27(34(39)21-7-12-25(45)13-8-21)16-17-28-33(29)37(48)43(35(28)46)24-5-3-2-4-6-24/h7-16,18-19,24,28-30,33-34,42,45H,2-6,17,20H2,1H3. The van der Waals surface area contributed by atoms with Crippen molar-refractivity contribution in [1.29, 1.82) is 0 Å². The average Bonchev–Trinajstić information content (AvgIpc) is 3.51. The SMILES string of the molecule is COc1ccc(C23C(=O)N(Nc4ccc(Cl)cc4Cl)C(=O)C2CC2C(=CCC4C(=O)N(C5CCCCC5)C(=O)C42)C3c2ccc(O)cc2)cc1. The lowest BCUT2D eigenvalue weighted by atomic mass is 9.49. The molecule has 258 valence electrons. The van der Waals surface area contributed by atoms with E-state index >= 15 is 4.79 Å². The van der Waals surface area contributed by atoms with Gasteiger partial charge in [0, 0.05) is 17.0 Å². The van der Waals surface area contributed by atoms with E-state index in [1.807, 2.05) is 18.2 Å². The van der Waals surface area contributed by atoms with Crippen molar-refractivity contribution < 1.29 is 29.0 Å². The van der Waals surface area contributed by atoms with Crippen molar-refractivity contribution in [3.63, 3.8) is 0 Å². The molecule has 3 aliphatic carbocycles. The van der Waals surface area contributed by atoms with Gasteiger partial charge in [0.2, 0.25) is 11.8 Å². The fourth-order valence-electron chi connectivity index (χ4n) is 9.61. The predicted molar refractivity (Wildman–Crippen MR) is 187 cm³/mol. The van der Waals surface area contributed by atoms with Crippen LogP contribution in [0.5, 0.6) is 11.5 Å². The molecule has 0 radical (unpaired) electrons. The summed E-state index contributed by atoms with van der Waals surface area (Å²) in [5, 5.41) is 12.0. The Labute approximate surface area is 300 Å². The first kappa shape index (κ1) is 32.8. The first-order valence-corrected chi connectivity index (χ1v) is 18.0. The molecule has 4 fully saturated rings. The molecule has 50 heavy (non-hydrogen) atoms. The molecular formula is C39H37Cl2N3O6. The van der Waals surface area contributed by atoms with Gasteiger partial charge in [-0.3, -0.25) is 29.5 Å². The molecule has 3 aromatic carbocycles. The van der Waals surface area contributed by atoms with Gasteiger partial charge in [0.1, 0.15) is 11.5 Å². The van der Waals surface area contributed by atoms with Gasteiger partial charge < -0.3 is 9.84 Å². The smallest absolute Gasteiger partial charge is 0.260 e. The normalized spacial score (nSPS) is 29.4. The molecule has 5 aliphatic rings. The van der Waals surface area contributed by atoms with Crippen LogP contribution in [0.1, 0.15) is 62.0 Å². The maximum Gasteiger partial charge on any atom is 0.260 e. The summed E-state index contributed by atoms with van der Waals surface area (Å²) in [5.74, 6) is -3.77. The van der Waals surface area contributed by atoms with Crippen LogP contribution in [0.4, 0.5) is 5.69 Å². The number of benzene rings is 3. The summed E-state index contributed by atoms with van der Waals surface area (Å²) >= 11 is 12.7. The number of phenols is 1. The molecule has 9 nitrogen and oxygen atoms in total. The van der Waals surface area contributed by atoms with Crippen molar-refractivity contribution >= 4 is 52.5 Å². The number of carbonyl (C=O) groups is 4. The number of hydrogen-bond donors (Lipinski definition) is 2. The molecule has 2 saturated heterocycles. The number of carbonyl (C=O) groups excluding carboxylic acids is 4. The quantitative estimate of drug-likeness (QED) is 0.208. The molecule has 2 aliphatic heterocycles. The second-order valence-electron chi connectivity index (χ2n) is 14.1. The highest BCUT2D eigenvalue weighted by Gasteiger charge is 2.70. The lowest BCUT2D eigenvalue weighted by Gasteiger charge is -2.50. The van der Waals surface area contributed by atoms with E-state index < -0.39 is 46.8 Å². The van der Waals surface area contributed by atoms with E-state index in [1.165, 1.54) is 6.07 Å². The zero-order valence-electron chi connectivity index (χ0n) is 27.5. The van der Waals surface area contributed by atoms with E-state index in [1.54, 1.807) is 60.5 Å². The van der Waals surface area contributed by atoms with Crippen molar-refractivity contribution in [3.05, 3.63) is 99.6 Å². The zero-order valence-corrected chi connectivity index (χ0v) is 29.0. The minimum absolute atomic E-state index is 0.0584. The number of hydrogen-bond acceptors (Lipinski definition) is 7. The summed E-state index contributed by atoms with van der Waals surface area (Å²) in [5.41, 5.74) is 4.09. The van der Waals surface area contributed by atoms with Crippen molar-refractivity contribution in [2.45, 2.75) is 62.3 Å². The fraction of sp³-hybridized carbons (Fsp3) is 0.385. The zero-order chi connectivity index (χ0) is 34.9. The van der Waals surface area contributed by atoms with E-state index in [4.69, 9.17) is 27.9 Å². The molecular weight excluding hydrogens is 677 g/mol. The highest BCUT2D eigenvalue weighted by atomic mass is 35.5. The average molecular weight is 715 g/mol. The van der Waals surface area contributed by atoms with Crippen LogP contribution in [0.25, 0.3) is 0 Å². The third kappa shape index (κ3) is 4.88. The Kier molecular flexibility index (Phi) is 8.18. The summed E-state index contributed by atoms with van der Waals surface area (Å²) in [6.45, 7) is 0. The highest BCUT2D eigenvalue weighted by molar-refractivity contribution is 6.36. The number of rotatable bonds is 6. The number of aromatic hydroxyl groups is 1. The van der Waals surface area contributed by atoms with Crippen LogP contribution >= 0.6 is 23.2 Å². The van der Waals surface area contributed by atoms with Crippen LogP contribution in [-0.2, 0) is 24.6 Å². The topological polar surface area (TPSA) is 116 Å². The van der Waals surface area contributed by atoms with Gasteiger partial charge in [-0.15, -0.1) is 0 Å². The van der Waals surface area contributed by atoms with E-state index in [-0.39, 0.29) is 35.0 Å². The molecule has 0 spiro atoms. The molecule has 0 aromatic heterocycles. The monoisotopic (exact) mass is 713 g/mol. The minimum Gasteiger partial charge on any atom is -0.508 e. The third-order valence-corrected chi connectivity index (χ3v) is 12.3. The molecule has 8 rings (SSSR count). The van der Waals surface area contributed by atoms with E-state index in [2.05, 4.69) is 5.43 Å². The van der Waals surface area contributed by atoms with Crippen LogP contribution in [0.2, 0.25) is 10.0 Å². The van der Waals surface area contributed by atoms with Crippen LogP contribution in [0, 0.1) is 23.7 Å². The maximum atomic E-state index is 15.3. The number of nitrogens with one attached hydrogen (secondary N) is 1. The summed E-state index contributed by atoms with van der Waals surface area (Å²) in [7, 11) is 1.56. The Balaban J connectivity index is 1.30. The van der Waals surface area contributed by atoms with Gasteiger partial charge in [-0.1, -0.05) is 78.4 Å². The fourth-order valence-corrected chi connectivity index (χ4v) is 10.1. The molecule has 4 amide bonds. The Morgan fingerprint density at radius 3 is 2.26 bits per heavy atom. The van der Waals surface area contributed by atoms with Crippen molar-refractivity contribution in [2.24, 2.45) is 23.7 Å². The van der Waals surface area contributed by atoms with Crippen LogP contribution in [0.15, 0.2) is 78.4 Å². The van der Waals surface area contributed by atoms with Crippen LogP contribution in [0.3, 0.4) is 0 Å². The summed E-state index contributed by atoms with van der Waals surface area (Å²) in [6.07, 6.45) is 7.29. The highest BCUT2D eigenvalue weighted by Crippen LogP contribution is 2.64. The van der Waals surface area contributed by atoms with Crippen molar-refractivity contribution in [3.8, 4) is 11.5 Å². The second-order valence-corrected chi connectivity index (χ2v) is 15.0. The number of anilines is 1. The first-order chi connectivity index (χ1) is 24.1. The largest absolute Gasteiger partial charge is 0.508 e. The van der Waals surface area contributed by atoms with Gasteiger partial charge in [-0.05, 0) is 85.2 Å². The van der Waals surface area contributed by atoms with E-state index in [9.17, 15) is 19.5 Å². The molecule has 6 atom stereocenters. The second kappa shape index (κ2) is 12.5. The maximum absolute atomic E-state index is 15.3. The molecule has 2 N–H and O–H groups in total. The van der Waals surface area contributed by atoms with Gasteiger partial charge in [-0.2, -0.15) is 5.01 Å². The number of likely N-dealkylation sites (tertiary alicyclic amines) is 1. The van der Waals surface area contributed by atoms with E-state index in [0.29, 0.717) is 34.0 Å². The van der Waals surface area contributed by atoms with Crippen molar-refractivity contribution in [1.82, 2.24) is 9.91 Å². The molecule has 2 saturated carbocycles. The van der Waals surface area contributed by atoms with Gasteiger partial charge >= 0.3 is 0 Å². The Bertz CT molecular complexity index is 1920. The van der Waals surface area contributed by atoms with Gasteiger partial charge in [-0.25, -0.2) is 0 Å². The summed E-state index contributed by atoms with van der Waals surface area (Å²) in [6, 6.07) is 18.5. The number of hydrazine groups is 1. The summed E-state index contributed by atoms with van der Waals surface area (Å²) in [4.78, 5) is 60.1. The lowest BCUT2D eigenvalue weighted by molar-refractivity contribution is -0.144. The van der Waals surface area contributed by atoms with Gasteiger partial charge in [0.25, 0.3) is 11.8 Å². The van der Waals surface area contributed by atoms with Crippen molar-refractivity contribution in [2.75, 3.05) is 12.5 Å².